The van der Waals surface area contributed by atoms with Crippen LogP contribution in [0.2, 0.25) is 0 Å². The molecule has 0 spiro atoms. The fourth-order valence-corrected chi connectivity index (χ4v) is 3.89. The highest BCUT2D eigenvalue weighted by molar-refractivity contribution is 7.10. The summed E-state index contributed by atoms with van der Waals surface area (Å²) in [6.07, 6.45) is -5.23. The zero-order chi connectivity index (χ0) is 22.4. The number of cyclic esters (lactones) is 1. The van der Waals surface area contributed by atoms with Crippen molar-refractivity contribution in [2.24, 2.45) is 0 Å². The molecule has 0 saturated carbocycles. The molecule has 3 unspecified atom stereocenters. The van der Waals surface area contributed by atoms with Crippen LogP contribution >= 0.6 is 28.4 Å². The van der Waals surface area contributed by atoms with Gasteiger partial charge in [-0.05, 0) is 12.1 Å². The van der Waals surface area contributed by atoms with Crippen molar-refractivity contribution < 1.29 is 43.2 Å². The summed E-state index contributed by atoms with van der Waals surface area (Å²) in [7, 11) is 6.59. The molecule has 3 rings (SSSR count). The van der Waals surface area contributed by atoms with Gasteiger partial charge in [0.1, 0.15) is 42.3 Å². The Labute approximate surface area is 179 Å². The Morgan fingerprint density at radius 3 is 2.27 bits per heavy atom. The van der Waals surface area contributed by atoms with E-state index in [2.05, 4.69) is 33.1 Å². The van der Waals surface area contributed by atoms with Crippen molar-refractivity contribution in [1.82, 2.24) is 4.68 Å². The molecule has 0 aromatic carbocycles. The number of nitrogens with two attached hydrogens (primary N) is 1. The van der Waals surface area contributed by atoms with Gasteiger partial charge in [-0.2, -0.15) is 5.26 Å². The number of carbonyl (C=O) groups excluding carboxylic acids is 1. The zero-order valence-electron chi connectivity index (χ0n) is 15.6. The number of aliphatic hydroxyl groups excluding tert-OH is 3. The maximum atomic E-state index is 10.4. The molecule has 0 bridgehead atoms. The van der Waals surface area contributed by atoms with Crippen LogP contribution in [0.3, 0.4) is 0 Å². The second kappa shape index (κ2) is 11.6. The fraction of sp³-hybridized carbons (Fsp3) is 0.600. The maximum absolute atomic E-state index is 10.4. The molecule has 168 valence electrons. The summed E-state index contributed by atoms with van der Waals surface area (Å²) in [5.41, 5.74) is 0.993. The Morgan fingerprint density at radius 1 is 1.20 bits per heavy atom. The minimum atomic E-state index is -1.50. The van der Waals surface area contributed by atoms with Gasteiger partial charge in [-0.3, -0.25) is 4.68 Å². The van der Waals surface area contributed by atoms with E-state index in [0.717, 1.165) is 0 Å². The molecule has 1 aromatic rings. The fourth-order valence-electron chi connectivity index (χ4n) is 3.07. The van der Waals surface area contributed by atoms with Gasteiger partial charge in [0.25, 0.3) is 0 Å². The number of aromatic nitrogens is 1. The average Bonchev–Trinajstić information content (AvgIpc) is 3.37. The number of nitrogens with zero attached hydrogens (tertiary/aromatic N) is 2. The van der Waals surface area contributed by atoms with Crippen LogP contribution in [0.5, 0.6) is 0 Å². The number of ether oxygens (including phenoxy) is 2. The maximum Gasteiger partial charge on any atom is 0.338 e. The molecule has 2 fully saturated rings. The largest absolute Gasteiger partial charge is 0.455 e. The van der Waals surface area contributed by atoms with Gasteiger partial charge in [0.2, 0.25) is 0 Å². The van der Waals surface area contributed by atoms with Crippen molar-refractivity contribution in [3.05, 3.63) is 23.5 Å². The van der Waals surface area contributed by atoms with E-state index in [0.29, 0.717) is 18.0 Å². The second-order valence-electron chi connectivity index (χ2n) is 6.35. The van der Waals surface area contributed by atoms with Gasteiger partial charge in [-0.15, -0.1) is 0 Å². The van der Waals surface area contributed by atoms with E-state index in [9.17, 15) is 4.79 Å². The van der Waals surface area contributed by atoms with Crippen LogP contribution in [0.4, 0.5) is 0 Å². The van der Waals surface area contributed by atoms with Crippen LogP contribution in [0.25, 0.3) is 0 Å². The number of carbonyl (C=O) groups is 1. The van der Waals surface area contributed by atoms with E-state index in [-0.39, 0.29) is 18.3 Å². The molecule has 2 aliphatic rings. The first-order valence-electron chi connectivity index (χ1n) is 8.57. The lowest BCUT2D eigenvalue weighted by Crippen LogP contribution is -2.34. The number of nitriles is 1. The SMILES string of the molecule is N#Cc1ccc([C@@H]2O[C@H](COP)[C@@H](OP)[C@H]2OP)n1N.O=C1O[C@H](CO)[C@@H](O)[C@H]1O. The van der Waals surface area contributed by atoms with Crippen molar-refractivity contribution in [3.63, 3.8) is 0 Å². The highest BCUT2D eigenvalue weighted by Crippen LogP contribution is 2.39. The first-order chi connectivity index (χ1) is 14.3. The van der Waals surface area contributed by atoms with Crippen molar-refractivity contribution >= 4 is 34.4 Å². The molecule has 0 radical (unpaired) electrons. The van der Waals surface area contributed by atoms with E-state index in [1.807, 2.05) is 6.07 Å². The molecule has 2 saturated heterocycles. The third-order valence-electron chi connectivity index (χ3n) is 4.63. The Kier molecular flexibility index (Phi) is 9.79. The van der Waals surface area contributed by atoms with Crippen LogP contribution < -0.4 is 5.84 Å². The molecule has 2 aliphatic heterocycles. The number of nitrogen functional groups attached to an aromatic ring is 1. The summed E-state index contributed by atoms with van der Waals surface area (Å²) in [5, 5.41) is 35.0. The third kappa shape index (κ3) is 5.26. The summed E-state index contributed by atoms with van der Waals surface area (Å²) in [5.74, 6) is 5.00. The second-order valence-corrected chi connectivity index (χ2v) is 7.23. The molecule has 0 amide bonds. The van der Waals surface area contributed by atoms with Crippen molar-refractivity contribution in [1.29, 1.82) is 5.26 Å². The molecule has 5 N–H and O–H groups in total. The molecule has 1 aromatic heterocycles. The number of hydrogen-bond acceptors (Lipinski definition) is 11. The molecule has 30 heavy (non-hydrogen) atoms. The molecular formula is C15H24N3O9P3. The minimum absolute atomic E-state index is 0.305. The average molecular weight is 483 g/mol. The molecule has 0 aliphatic carbocycles. The van der Waals surface area contributed by atoms with Gasteiger partial charge in [0.05, 0.1) is 18.9 Å². The van der Waals surface area contributed by atoms with Crippen LogP contribution in [0.1, 0.15) is 17.5 Å². The van der Waals surface area contributed by atoms with Gasteiger partial charge in [0.15, 0.2) is 12.2 Å². The summed E-state index contributed by atoms with van der Waals surface area (Å²) in [6.45, 7) is -0.134. The van der Waals surface area contributed by atoms with E-state index in [4.69, 9.17) is 44.7 Å². The highest BCUT2D eigenvalue weighted by Gasteiger charge is 2.47. The number of esters is 1. The van der Waals surface area contributed by atoms with Crippen LogP contribution in [-0.2, 0) is 27.8 Å². The normalized spacial score (nSPS) is 33.0. The number of aliphatic hydroxyl groups is 3. The first kappa shape index (κ1) is 25.3. The van der Waals surface area contributed by atoms with E-state index in [1.165, 1.54) is 4.68 Å². The quantitative estimate of drug-likeness (QED) is 0.206. The third-order valence-corrected chi connectivity index (χ3v) is 5.45. The lowest BCUT2D eigenvalue weighted by Gasteiger charge is -2.21. The lowest BCUT2D eigenvalue weighted by molar-refractivity contribution is -0.148. The van der Waals surface area contributed by atoms with Crippen LogP contribution in [0, 0.1) is 11.3 Å². The Balaban J connectivity index is 0.000000269. The number of hydrogen-bond donors (Lipinski definition) is 4. The molecule has 10 atom stereocenters. The van der Waals surface area contributed by atoms with Crippen molar-refractivity contribution in [2.45, 2.75) is 42.7 Å². The van der Waals surface area contributed by atoms with Crippen LogP contribution in [-0.4, -0.2) is 75.8 Å². The molecule has 15 heteroatoms. The monoisotopic (exact) mass is 483 g/mol. The minimum Gasteiger partial charge on any atom is -0.455 e. The predicted molar refractivity (Wildman–Crippen MR) is 111 cm³/mol. The van der Waals surface area contributed by atoms with Gasteiger partial charge in [0, 0.05) is 28.4 Å². The van der Waals surface area contributed by atoms with Crippen molar-refractivity contribution in [3.8, 4) is 6.07 Å². The Bertz CT molecular complexity index is 761. The van der Waals surface area contributed by atoms with Gasteiger partial charge >= 0.3 is 5.97 Å². The Hall–Kier alpha value is -0.950. The lowest BCUT2D eigenvalue weighted by atomic mass is 10.1. The Morgan fingerprint density at radius 2 is 1.87 bits per heavy atom. The van der Waals surface area contributed by atoms with Gasteiger partial charge < -0.3 is 44.2 Å². The number of rotatable bonds is 6. The summed E-state index contributed by atoms with van der Waals surface area (Å²) in [4.78, 5) is 10.4. The standard InChI is InChI=1S/C10H16N3O4P3.C5H8O5/c11-3-5-1-2-6(13(5)12)8-10(17-20)9(16-19)7(15-8)4-14-18;6-1-2-3(7)4(8)5(9)10-2/h1-2,7-10H,4,12,18-20H2;2-4,6-8H,1H2/t7-,8+,9-,10+;2-,3-,4-/m11/s1. The molecule has 12 nitrogen and oxygen atoms in total. The van der Waals surface area contributed by atoms with E-state index >= 15 is 0 Å². The highest BCUT2D eigenvalue weighted by atomic mass is 31.0. The first-order valence-corrected chi connectivity index (χ1v) is 9.98. The van der Waals surface area contributed by atoms with Crippen LogP contribution in [0.15, 0.2) is 12.1 Å². The zero-order valence-corrected chi connectivity index (χ0v) is 19.1. The van der Waals surface area contributed by atoms with Crippen molar-refractivity contribution in [2.75, 3.05) is 19.1 Å². The smallest absolute Gasteiger partial charge is 0.338 e. The van der Waals surface area contributed by atoms with E-state index < -0.39 is 37.0 Å². The van der Waals surface area contributed by atoms with Gasteiger partial charge in [-0.1, -0.05) is 0 Å². The summed E-state index contributed by atoms with van der Waals surface area (Å²) in [6, 6.07) is 5.38. The van der Waals surface area contributed by atoms with E-state index in [1.54, 1.807) is 12.1 Å². The summed E-state index contributed by atoms with van der Waals surface area (Å²) < 4.78 is 27.3. The molecular weight excluding hydrogens is 459 g/mol. The molecule has 3 heterocycles. The van der Waals surface area contributed by atoms with Gasteiger partial charge in [-0.25, -0.2) is 4.79 Å². The summed E-state index contributed by atoms with van der Waals surface area (Å²) >= 11 is 0. The predicted octanol–water partition coefficient (Wildman–Crippen LogP) is -1.70. The topological polar surface area (TPSA) is 179 Å².